The molecule has 0 aliphatic carbocycles. The average molecular weight is 301 g/mol. The van der Waals surface area contributed by atoms with E-state index in [1.54, 1.807) is 29.1 Å². The van der Waals surface area contributed by atoms with Gasteiger partial charge in [-0.15, -0.1) is 0 Å². The molecule has 7 heteroatoms. The lowest BCUT2D eigenvalue weighted by molar-refractivity contribution is 0.780. The van der Waals surface area contributed by atoms with Crippen molar-refractivity contribution in [3.63, 3.8) is 0 Å². The van der Waals surface area contributed by atoms with Gasteiger partial charge < -0.3 is 0 Å². The summed E-state index contributed by atoms with van der Waals surface area (Å²) in [5.41, 5.74) is 0.658. The number of aromatic nitrogens is 3. The van der Waals surface area contributed by atoms with Gasteiger partial charge in [0, 0.05) is 12.0 Å². The number of nitrogens with zero attached hydrogens (tertiary/aromatic N) is 3. The Balaban J connectivity index is 2.42. The minimum atomic E-state index is 0.436. The standard InChI is InChI=1S/C11H10Cl2N4S/c1-2-10-15-16-11(18)17(10)14-6-7-8(12)4-3-5-9(7)13/h3-6H,2H2,1H3,(H,16,18)/b14-6+. The molecule has 0 amide bonds. The lowest BCUT2D eigenvalue weighted by atomic mass is 10.2. The van der Waals surface area contributed by atoms with E-state index in [0.29, 0.717) is 20.4 Å². The maximum atomic E-state index is 6.05. The number of hydrogen-bond donors (Lipinski definition) is 1. The van der Waals surface area contributed by atoms with Gasteiger partial charge in [-0.25, -0.2) is 0 Å². The molecule has 0 aliphatic rings. The van der Waals surface area contributed by atoms with Gasteiger partial charge in [0.1, 0.15) is 0 Å². The van der Waals surface area contributed by atoms with Crippen LogP contribution in [-0.2, 0) is 6.42 Å². The van der Waals surface area contributed by atoms with Crippen LogP contribution in [0.15, 0.2) is 23.3 Å². The second-order valence-electron chi connectivity index (χ2n) is 3.49. The zero-order valence-corrected chi connectivity index (χ0v) is 11.9. The van der Waals surface area contributed by atoms with Crippen LogP contribution in [0, 0.1) is 4.77 Å². The number of halogens is 2. The Morgan fingerprint density at radius 2 is 2.11 bits per heavy atom. The Kier molecular flexibility index (Phi) is 4.16. The van der Waals surface area contributed by atoms with E-state index in [1.165, 1.54) is 0 Å². The highest BCUT2D eigenvalue weighted by molar-refractivity contribution is 7.71. The summed E-state index contributed by atoms with van der Waals surface area (Å²) in [6, 6.07) is 5.29. The van der Waals surface area contributed by atoms with Gasteiger partial charge in [0.15, 0.2) is 5.82 Å². The van der Waals surface area contributed by atoms with Crippen molar-refractivity contribution in [3.05, 3.63) is 44.4 Å². The third-order valence-corrected chi connectivity index (χ3v) is 3.26. The highest BCUT2D eigenvalue weighted by Crippen LogP contribution is 2.22. The van der Waals surface area contributed by atoms with Gasteiger partial charge in [-0.2, -0.15) is 14.9 Å². The minimum Gasteiger partial charge on any atom is -0.250 e. The van der Waals surface area contributed by atoms with E-state index in [1.807, 2.05) is 6.92 Å². The maximum absolute atomic E-state index is 6.05. The van der Waals surface area contributed by atoms with Crippen LogP contribution >= 0.6 is 35.4 Å². The quantitative estimate of drug-likeness (QED) is 0.694. The van der Waals surface area contributed by atoms with Crippen LogP contribution in [0.3, 0.4) is 0 Å². The lowest BCUT2D eigenvalue weighted by Gasteiger charge is -2.01. The molecule has 94 valence electrons. The fraction of sp³-hybridized carbons (Fsp3) is 0.182. The average Bonchev–Trinajstić information content (AvgIpc) is 2.70. The summed E-state index contributed by atoms with van der Waals surface area (Å²) >= 11 is 17.2. The first-order valence-corrected chi connectivity index (χ1v) is 6.44. The smallest absolute Gasteiger partial charge is 0.216 e. The Hall–Kier alpha value is -1.17. The molecular weight excluding hydrogens is 291 g/mol. The lowest BCUT2D eigenvalue weighted by Crippen LogP contribution is -1.97. The van der Waals surface area contributed by atoms with Gasteiger partial charge in [-0.05, 0) is 24.4 Å². The van der Waals surface area contributed by atoms with E-state index in [-0.39, 0.29) is 0 Å². The van der Waals surface area contributed by atoms with Crippen molar-refractivity contribution in [2.24, 2.45) is 5.10 Å². The molecule has 1 aromatic heterocycles. The third kappa shape index (κ3) is 2.63. The Morgan fingerprint density at radius 3 is 2.72 bits per heavy atom. The first kappa shape index (κ1) is 13.3. The van der Waals surface area contributed by atoms with Gasteiger partial charge >= 0.3 is 0 Å². The first-order valence-electron chi connectivity index (χ1n) is 5.28. The van der Waals surface area contributed by atoms with Crippen LogP contribution < -0.4 is 0 Å². The molecule has 0 bridgehead atoms. The van der Waals surface area contributed by atoms with Crippen molar-refractivity contribution in [3.8, 4) is 0 Å². The second-order valence-corrected chi connectivity index (χ2v) is 4.69. The molecular formula is C11H10Cl2N4S. The van der Waals surface area contributed by atoms with Crippen molar-refractivity contribution in [2.75, 3.05) is 0 Å². The van der Waals surface area contributed by atoms with Crippen molar-refractivity contribution in [2.45, 2.75) is 13.3 Å². The van der Waals surface area contributed by atoms with E-state index in [0.717, 1.165) is 12.2 Å². The van der Waals surface area contributed by atoms with E-state index < -0.39 is 0 Å². The van der Waals surface area contributed by atoms with E-state index in [9.17, 15) is 0 Å². The molecule has 2 aromatic rings. The zero-order valence-electron chi connectivity index (χ0n) is 9.52. The molecule has 0 spiro atoms. The summed E-state index contributed by atoms with van der Waals surface area (Å²) in [6.07, 6.45) is 2.30. The second kappa shape index (κ2) is 5.65. The molecule has 0 atom stereocenters. The van der Waals surface area contributed by atoms with Crippen molar-refractivity contribution in [1.82, 2.24) is 14.9 Å². The van der Waals surface area contributed by atoms with Gasteiger partial charge in [-0.1, -0.05) is 36.2 Å². The number of H-pyrrole nitrogens is 1. The highest BCUT2D eigenvalue weighted by atomic mass is 35.5. The van der Waals surface area contributed by atoms with Gasteiger partial charge in [-0.3, -0.25) is 5.10 Å². The minimum absolute atomic E-state index is 0.436. The van der Waals surface area contributed by atoms with Crippen LogP contribution in [0.5, 0.6) is 0 Å². The Labute approximate surface area is 119 Å². The Bertz CT molecular complexity index is 624. The van der Waals surface area contributed by atoms with Gasteiger partial charge in [0.2, 0.25) is 4.77 Å². The number of nitrogens with one attached hydrogen (secondary N) is 1. The van der Waals surface area contributed by atoms with Crippen LogP contribution in [0.1, 0.15) is 18.3 Å². The van der Waals surface area contributed by atoms with Crippen LogP contribution in [0.2, 0.25) is 10.0 Å². The molecule has 0 aliphatic heterocycles. The fourth-order valence-electron chi connectivity index (χ4n) is 1.42. The summed E-state index contributed by atoms with van der Waals surface area (Å²) in [5, 5.41) is 12.1. The number of rotatable bonds is 3. The largest absolute Gasteiger partial charge is 0.250 e. The Morgan fingerprint density at radius 1 is 1.44 bits per heavy atom. The molecule has 1 heterocycles. The van der Waals surface area contributed by atoms with Crippen LogP contribution in [0.25, 0.3) is 0 Å². The molecule has 0 saturated heterocycles. The first-order chi connectivity index (χ1) is 8.63. The molecule has 2 rings (SSSR count). The summed E-state index contributed by atoms with van der Waals surface area (Å²) in [4.78, 5) is 0. The van der Waals surface area contributed by atoms with Crippen LogP contribution in [-0.4, -0.2) is 21.1 Å². The molecule has 0 radical (unpaired) electrons. The maximum Gasteiger partial charge on any atom is 0.216 e. The summed E-state index contributed by atoms with van der Waals surface area (Å²) < 4.78 is 1.99. The summed E-state index contributed by atoms with van der Waals surface area (Å²) in [7, 11) is 0. The summed E-state index contributed by atoms with van der Waals surface area (Å²) in [5.74, 6) is 0.749. The molecule has 4 nitrogen and oxygen atoms in total. The number of aryl methyl sites for hydroxylation is 1. The monoisotopic (exact) mass is 300 g/mol. The number of benzene rings is 1. The number of hydrogen-bond acceptors (Lipinski definition) is 3. The van der Waals surface area contributed by atoms with E-state index >= 15 is 0 Å². The molecule has 0 saturated carbocycles. The predicted molar refractivity (Wildman–Crippen MR) is 76.2 cm³/mol. The molecule has 18 heavy (non-hydrogen) atoms. The van der Waals surface area contributed by atoms with Crippen molar-refractivity contribution < 1.29 is 0 Å². The van der Waals surface area contributed by atoms with Crippen molar-refractivity contribution in [1.29, 1.82) is 0 Å². The summed E-state index contributed by atoms with van der Waals surface area (Å²) in [6.45, 7) is 1.97. The SMILES string of the molecule is CCc1n[nH]c(=S)n1/N=C/c1c(Cl)cccc1Cl. The highest BCUT2D eigenvalue weighted by Gasteiger charge is 2.04. The molecule has 1 aromatic carbocycles. The van der Waals surface area contributed by atoms with Gasteiger partial charge in [0.05, 0.1) is 16.3 Å². The fourth-order valence-corrected chi connectivity index (χ4v) is 2.11. The van der Waals surface area contributed by atoms with Crippen LogP contribution in [0.4, 0.5) is 0 Å². The topological polar surface area (TPSA) is 46.0 Å². The molecule has 0 fully saturated rings. The number of aromatic amines is 1. The predicted octanol–water partition coefficient (Wildman–Crippen LogP) is 3.69. The molecule has 0 unspecified atom stereocenters. The molecule has 1 N–H and O–H groups in total. The zero-order chi connectivity index (χ0) is 13.1. The normalized spacial score (nSPS) is 11.3. The van der Waals surface area contributed by atoms with E-state index in [4.69, 9.17) is 35.4 Å². The van der Waals surface area contributed by atoms with Crippen molar-refractivity contribution >= 4 is 41.6 Å². The third-order valence-electron chi connectivity index (χ3n) is 2.34. The van der Waals surface area contributed by atoms with E-state index in [2.05, 4.69) is 15.3 Å². The van der Waals surface area contributed by atoms with Gasteiger partial charge in [0.25, 0.3) is 0 Å².